The number of likely N-dealkylation sites (N-methyl/N-ethyl adjacent to an activating group) is 1. The lowest BCUT2D eigenvalue weighted by molar-refractivity contribution is 0.0919. The Morgan fingerprint density at radius 3 is 2.95 bits per heavy atom. The minimum atomic E-state index is -0.306. The van der Waals surface area contributed by atoms with E-state index >= 15 is 0 Å². The zero-order valence-corrected chi connectivity index (χ0v) is 13.6. The summed E-state index contributed by atoms with van der Waals surface area (Å²) in [6, 6.07) is 3.41. The lowest BCUT2D eigenvalue weighted by atomic mass is 10.1. The first kappa shape index (κ1) is 16.7. The van der Waals surface area contributed by atoms with Crippen molar-refractivity contribution in [2.24, 2.45) is 5.92 Å². The summed E-state index contributed by atoms with van der Waals surface area (Å²) >= 11 is 0. The molecule has 1 amide bonds. The number of nitrogens with one attached hydrogen (secondary N) is 1. The highest BCUT2D eigenvalue weighted by atomic mass is 16.5. The van der Waals surface area contributed by atoms with Crippen molar-refractivity contribution >= 4 is 5.91 Å². The quantitative estimate of drug-likeness (QED) is 0.879. The highest BCUT2D eigenvalue weighted by Gasteiger charge is 2.18. The minimum Gasteiger partial charge on any atom is -0.380 e. The number of pyridine rings is 1. The van der Waals surface area contributed by atoms with Gasteiger partial charge in [0, 0.05) is 37.8 Å². The van der Waals surface area contributed by atoms with Crippen LogP contribution in [0.5, 0.6) is 0 Å². The van der Waals surface area contributed by atoms with E-state index in [1.54, 1.807) is 10.6 Å². The zero-order valence-electron chi connectivity index (χ0n) is 13.6. The molecule has 0 saturated carbocycles. The first-order valence-electron chi connectivity index (χ1n) is 7.77. The van der Waals surface area contributed by atoms with E-state index in [4.69, 9.17) is 4.74 Å². The highest BCUT2D eigenvalue weighted by molar-refractivity contribution is 5.93. The topological polar surface area (TPSA) is 63.6 Å². The molecule has 1 unspecified atom stereocenters. The Hall–Kier alpha value is -1.66. The molecule has 0 spiro atoms. The van der Waals surface area contributed by atoms with E-state index < -0.39 is 0 Å². The number of carbonyl (C=O) groups is 1. The number of nitrogens with zero attached hydrogens (tertiary/aromatic N) is 2. The van der Waals surface area contributed by atoms with Crippen molar-refractivity contribution in [3.8, 4) is 0 Å². The van der Waals surface area contributed by atoms with Crippen LogP contribution < -0.4 is 10.9 Å². The molecular formula is C16H25N3O3. The van der Waals surface area contributed by atoms with Gasteiger partial charge < -0.3 is 19.5 Å². The molecule has 6 nitrogen and oxygen atoms in total. The molecule has 0 bridgehead atoms. The molecule has 1 N–H and O–H groups in total. The van der Waals surface area contributed by atoms with Gasteiger partial charge in [-0.3, -0.25) is 9.59 Å². The number of carbonyl (C=O) groups excluding carboxylic acids is 1. The van der Waals surface area contributed by atoms with Crippen molar-refractivity contribution in [2.75, 3.05) is 39.9 Å². The fraction of sp³-hybridized carbons (Fsp3) is 0.625. The van der Waals surface area contributed by atoms with Gasteiger partial charge in [-0.2, -0.15) is 0 Å². The Balaban J connectivity index is 2.02. The molecule has 1 atom stereocenters. The second-order valence-electron chi connectivity index (χ2n) is 5.85. The number of hydrogen-bond acceptors (Lipinski definition) is 4. The van der Waals surface area contributed by atoms with Crippen molar-refractivity contribution < 1.29 is 9.53 Å². The van der Waals surface area contributed by atoms with E-state index in [1.807, 2.05) is 27.0 Å². The van der Waals surface area contributed by atoms with E-state index in [0.29, 0.717) is 19.7 Å². The number of ether oxygens (including phenoxy) is 1. The van der Waals surface area contributed by atoms with Gasteiger partial charge in [0.2, 0.25) is 0 Å². The predicted molar refractivity (Wildman–Crippen MR) is 85.3 cm³/mol. The Kier molecular flexibility index (Phi) is 5.74. The van der Waals surface area contributed by atoms with Gasteiger partial charge >= 0.3 is 0 Å². The van der Waals surface area contributed by atoms with E-state index in [1.165, 1.54) is 0 Å². The van der Waals surface area contributed by atoms with Crippen LogP contribution in [0.25, 0.3) is 0 Å². The van der Waals surface area contributed by atoms with Gasteiger partial charge in [-0.1, -0.05) is 0 Å². The third-order valence-corrected chi connectivity index (χ3v) is 4.05. The van der Waals surface area contributed by atoms with Gasteiger partial charge in [-0.25, -0.2) is 0 Å². The first-order valence-corrected chi connectivity index (χ1v) is 7.77. The molecule has 2 heterocycles. The van der Waals surface area contributed by atoms with Crippen LogP contribution in [0.1, 0.15) is 23.0 Å². The maximum Gasteiger partial charge on any atom is 0.263 e. The Morgan fingerprint density at radius 1 is 1.45 bits per heavy atom. The number of rotatable bonds is 4. The smallest absolute Gasteiger partial charge is 0.263 e. The van der Waals surface area contributed by atoms with E-state index in [2.05, 4.69) is 10.2 Å². The van der Waals surface area contributed by atoms with Gasteiger partial charge in [0.25, 0.3) is 11.5 Å². The number of aryl methyl sites for hydroxylation is 1. The van der Waals surface area contributed by atoms with Crippen LogP contribution in [0.2, 0.25) is 0 Å². The molecule has 1 saturated heterocycles. The average molecular weight is 307 g/mol. The van der Waals surface area contributed by atoms with Crippen molar-refractivity contribution in [1.82, 2.24) is 14.8 Å². The molecule has 1 aromatic rings. The largest absolute Gasteiger partial charge is 0.380 e. The van der Waals surface area contributed by atoms with Gasteiger partial charge in [0.15, 0.2) is 0 Å². The van der Waals surface area contributed by atoms with Crippen molar-refractivity contribution in [1.29, 1.82) is 0 Å². The average Bonchev–Trinajstić information content (AvgIpc) is 2.69. The molecule has 0 aliphatic carbocycles. The molecule has 0 radical (unpaired) electrons. The maximum absolute atomic E-state index is 12.3. The van der Waals surface area contributed by atoms with Crippen LogP contribution in [-0.2, 0) is 11.3 Å². The fourth-order valence-corrected chi connectivity index (χ4v) is 2.75. The van der Waals surface area contributed by atoms with Crippen molar-refractivity contribution in [2.45, 2.75) is 20.4 Å². The van der Waals surface area contributed by atoms with Crippen LogP contribution in [0.3, 0.4) is 0 Å². The summed E-state index contributed by atoms with van der Waals surface area (Å²) in [6.07, 6.45) is 0. The van der Waals surface area contributed by atoms with Crippen LogP contribution in [-0.4, -0.2) is 55.3 Å². The first-order chi connectivity index (χ1) is 10.5. The zero-order chi connectivity index (χ0) is 16.1. The van der Waals surface area contributed by atoms with Crippen LogP contribution in [0.15, 0.2) is 16.9 Å². The molecule has 1 aliphatic rings. The summed E-state index contributed by atoms with van der Waals surface area (Å²) in [5.74, 6) is -0.0607. The number of amides is 1. The SMILES string of the molecule is CCn1c(C)ccc(C(=O)NCC2COCCN(C)C2)c1=O. The summed E-state index contributed by atoms with van der Waals surface area (Å²) in [7, 11) is 2.05. The molecule has 22 heavy (non-hydrogen) atoms. The minimum absolute atomic E-state index is 0.204. The fourth-order valence-electron chi connectivity index (χ4n) is 2.75. The summed E-state index contributed by atoms with van der Waals surface area (Å²) < 4.78 is 7.14. The van der Waals surface area contributed by atoms with E-state index in [0.717, 1.165) is 25.4 Å². The third-order valence-electron chi connectivity index (χ3n) is 4.05. The van der Waals surface area contributed by atoms with Crippen molar-refractivity contribution in [3.63, 3.8) is 0 Å². The molecule has 2 rings (SSSR count). The molecule has 1 aliphatic heterocycles. The van der Waals surface area contributed by atoms with Gasteiger partial charge in [-0.15, -0.1) is 0 Å². The maximum atomic E-state index is 12.3. The Labute approximate surface area is 131 Å². The molecule has 1 aromatic heterocycles. The molecule has 122 valence electrons. The second-order valence-corrected chi connectivity index (χ2v) is 5.85. The van der Waals surface area contributed by atoms with Crippen LogP contribution in [0.4, 0.5) is 0 Å². The van der Waals surface area contributed by atoms with Crippen molar-refractivity contribution in [3.05, 3.63) is 33.7 Å². The van der Waals surface area contributed by atoms with Gasteiger partial charge in [-0.05, 0) is 33.0 Å². The summed E-state index contributed by atoms with van der Waals surface area (Å²) in [5, 5.41) is 2.87. The monoisotopic (exact) mass is 307 g/mol. The molecule has 0 aromatic carbocycles. The standard InChI is InChI=1S/C16H25N3O3/c1-4-19-12(2)5-6-14(16(19)21)15(20)17-9-13-10-18(3)7-8-22-11-13/h5-6,13H,4,7-11H2,1-3H3,(H,17,20). The Bertz CT molecular complexity index is 582. The molecule has 1 fully saturated rings. The molecule has 6 heteroatoms. The summed E-state index contributed by atoms with van der Waals surface area (Å²) in [6.45, 7) is 7.99. The third kappa shape index (κ3) is 3.96. The lowest BCUT2D eigenvalue weighted by Crippen LogP contribution is -2.38. The lowest BCUT2D eigenvalue weighted by Gasteiger charge is -2.19. The second kappa shape index (κ2) is 7.56. The highest BCUT2D eigenvalue weighted by Crippen LogP contribution is 2.05. The van der Waals surface area contributed by atoms with Crippen LogP contribution in [0, 0.1) is 12.8 Å². The number of aromatic nitrogens is 1. The van der Waals surface area contributed by atoms with Gasteiger partial charge in [0.1, 0.15) is 5.56 Å². The normalized spacial score (nSPS) is 19.7. The predicted octanol–water partition coefficient (Wildman–Crippen LogP) is 0.485. The van der Waals surface area contributed by atoms with E-state index in [9.17, 15) is 9.59 Å². The van der Waals surface area contributed by atoms with E-state index in [-0.39, 0.29) is 22.9 Å². The Morgan fingerprint density at radius 2 is 2.23 bits per heavy atom. The summed E-state index contributed by atoms with van der Waals surface area (Å²) in [5.41, 5.74) is 0.840. The number of hydrogen-bond donors (Lipinski definition) is 1. The molecular weight excluding hydrogens is 282 g/mol. The van der Waals surface area contributed by atoms with Crippen LogP contribution >= 0.6 is 0 Å². The van der Waals surface area contributed by atoms with Gasteiger partial charge in [0.05, 0.1) is 13.2 Å². The summed E-state index contributed by atoms with van der Waals surface area (Å²) in [4.78, 5) is 26.8.